The predicted octanol–water partition coefficient (Wildman–Crippen LogP) is 5.51. The van der Waals surface area contributed by atoms with E-state index in [2.05, 4.69) is 20.2 Å². The number of rotatable bonds is 4. The number of nitrogens with zero attached hydrogens (tertiary/aromatic N) is 4. The van der Waals surface area contributed by atoms with Gasteiger partial charge in [-0.3, -0.25) is 0 Å². The van der Waals surface area contributed by atoms with Crippen LogP contribution in [-0.4, -0.2) is 52.7 Å². The van der Waals surface area contributed by atoms with Crippen LogP contribution in [0.4, 0.5) is 35.3 Å². The van der Waals surface area contributed by atoms with Gasteiger partial charge >= 0.3 is 12.3 Å². The van der Waals surface area contributed by atoms with E-state index >= 15 is 0 Å². The zero-order valence-corrected chi connectivity index (χ0v) is 19.7. The predicted molar refractivity (Wildman–Crippen MR) is 121 cm³/mol. The fourth-order valence-electron chi connectivity index (χ4n) is 3.40. The highest BCUT2D eigenvalue weighted by Crippen LogP contribution is 2.34. The van der Waals surface area contributed by atoms with Crippen LogP contribution in [0.3, 0.4) is 0 Å². The van der Waals surface area contributed by atoms with Crippen LogP contribution in [0, 0.1) is 0 Å². The standard InChI is InChI=1S/C22H27ClF3N5O2/c1-5-14-12-15(30-8-10-31(11-9-30)20(32)33-21(2,3)4)6-7-17(14)28-19-27-13-16(18(23)29-19)22(24,25)26/h6-7,12-13H,5,8-11H2,1-4H3,(H,27,28,29). The van der Waals surface area contributed by atoms with Crippen LogP contribution in [0.5, 0.6) is 0 Å². The lowest BCUT2D eigenvalue weighted by atomic mass is 10.1. The molecule has 1 fully saturated rings. The van der Waals surface area contributed by atoms with E-state index in [4.69, 9.17) is 16.3 Å². The van der Waals surface area contributed by atoms with Crippen LogP contribution in [0.1, 0.15) is 38.8 Å². The molecule has 11 heteroatoms. The first kappa shape index (κ1) is 24.9. The summed E-state index contributed by atoms with van der Waals surface area (Å²) in [5.74, 6) is -0.0126. The molecule has 0 bridgehead atoms. The maximum atomic E-state index is 12.9. The molecule has 1 saturated heterocycles. The van der Waals surface area contributed by atoms with E-state index in [1.807, 2.05) is 45.9 Å². The van der Waals surface area contributed by atoms with E-state index in [1.165, 1.54) is 0 Å². The van der Waals surface area contributed by atoms with Gasteiger partial charge in [-0.2, -0.15) is 13.2 Å². The number of alkyl halides is 3. The van der Waals surface area contributed by atoms with Crippen molar-refractivity contribution in [3.63, 3.8) is 0 Å². The van der Waals surface area contributed by atoms with Gasteiger partial charge in [-0.05, 0) is 51.0 Å². The number of benzene rings is 1. The highest BCUT2D eigenvalue weighted by Gasteiger charge is 2.34. The SMILES string of the molecule is CCc1cc(N2CCN(C(=O)OC(C)(C)C)CC2)ccc1Nc1ncc(C(F)(F)F)c(Cl)n1. The van der Waals surface area contributed by atoms with Gasteiger partial charge in [0.1, 0.15) is 16.3 Å². The van der Waals surface area contributed by atoms with E-state index < -0.39 is 22.5 Å². The first-order chi connectivity index (χ1) is 15.4. The molecule has 0 unspecified atom stereocenters. The molecule has 2 aromatic rings. The number of ether oxygens (including phenoxy) is 1. The molecular weight excluding hydrogens is 459 g/mol. The van der Waals surface area contributed by atoms with Crippen molar-refractivity contribution in [3.05, 3.63) is 40.7 Å². The number of amides is 1. The third-order valence-electron chi connectivity index (χ3n) is 5.06. The lowest BCUT2D eigenvalue weighted by molar-refractivity contribution is -0.137. The minimum Gasteiger partial charge on any atom is -0.444 e. The largest absolute Gasteiger partial charge is 0.444 e. The number of carbonyl (C=O) groups excluding carboxylic acids is 1. The monoisotopic (exact) mass is 485 g/mol. The molecule has 0 saturated carbocycles. The molecule has 1 aromatic carbocycles. The van der Waals surface area contributed by atoms with Crippen LogP contribution in [0.25, 0.3) is 0 Å². The number of anilines is 3. The number of aromatic nitrogens is 2. The highest BCUT2D eigenvalue weighted by atomic mass is 35.5. The van der Waals surface area contributed by atoms with Gasteiger partial charge in [0.25, 0.3) is 0 Å². The molecular formula is C22H27ClF3N5O2. The summed E-state index contributed by atoms with van der Waals surface area (Å²) in [4.78, 5) is 23.6. The summed E-state index contributed by atoms with van der Waals surface area (Å²) in [5.41, 5.74) is 1.01. The van der Waals surface area contributed by atoms with Crippen LogP contribution >= 0.6 is 11.6 Å². The van der Waals surface area contributed by atoms with Crippen LogP contribution < -0.4 is 10.2 Å². The quantitative estimate of drug-likeness (QED) is 0.576. The fraction of sp³-hybridized carbons (Fsp3) is 0.500. The van der Waals surface area contributed by atoms with Gasteiger partial charge < -0.3 is 19.9 Å². The maximum absolute atomic E-state index is 12.9. The van der Waals surface area contributed by atoms with E-state index in [0.29, 0.717) is 44.5 Å². The van der Waals surface area contributed by atoms with Gasteiger partial charge in [0.2, 0.25) is 5.95 Å². The molecule has 180 valence electrons. The van der Waals surface area contributed by atoms with Crippen molar-refractivity contribution in [2.24, 2.45) is 0 Å². The van der Waals surface area contributed by atoms with Crippen LogP contribution in [0.2, 0.25) is 5.15 Å². The summed E-state index contributed by atoms with van der Waals surface area (Å²) in [7, 11) is 0. The number of nitrogens with one attached hydrogen (secondary N) is 1. The first-order valence-corrected chi connectivity index (χ1v) is 11.0. The molecule has 7 nitrogen and oxygen atoms in total. The van der Waals surface area contributed by atoms with Gasteiger partial charge in [-0.1, -0.05) is 18.5 Å². The maximum Gasteiger partial charge on any atom is 0.420 e. The molecule has 33 heavy (non-hydrogen) atoms. The molecule has 0 aliphatic carbocycles. The Balaban J connectivity index is 1.68. The molecule has 1 aromatic heterocycles. The Kier molecular flexibility index (Phi) is 7.26. The third-order valence-corrected chi connectivity index (χ3v) is 5.35. The minimum atomic E-state index is -4.61. The summed E-state index contributed by atoms with van der Waals surface area (Å²) in [6.07, 6.45) is -3.57. The van der Waals surface area contributed by atoms with Crippen molar-refractivity contribution >= 4 is 35.0 Å². The first-order valence-electron chi connectivity index (χ1n) is 10.6. The summed E-state index contributed by atoms with van der Waals surface area (Å²) >= 11 is 5.70. The van der Waals surface area contributed by atoms with Gasteiger partial charge in [0, 0.05) is 43.8 Å². The van der Waals surface area contributed by atoms with Gasteiger partial charge in [0.05, 0.1) is 0 Å². The summed E-state index contributed by atoms with van der Waals surface area (Å²) in [5, 5.41) is 2.30. The molecule has 1 aliphatic heterocycles. The Morgan fingerprint density at radius 2 is 1.85 bits per heavy atom. The van der Waals surface area contributed by atoms with Crippen molar-refractivity contribution in [2.75, 3.05) is 36.4 Å². The highest BCUT2D eigenvalue weighted by molar-refractivity contribution is 6.30. The second-order valence-corrected chi connectivity index (χ2v) is 9.03. The van der Waals surface area contributed by atoms with Crippen molar-refractivity contribution in [1.82, 2.24) is 14.9 Å². The second kappa shape index (κ2) is 9.62. The van der Waals surface area contributed by atoms with Crippen LogP contribution in [0.15, 0.2) is 24.4 Å². The van der Waals surface area contributed by atoms with Gasteiger partial charge in [-0.15, -0.1) is 0 Å². The van der Waals surface area contributed by atoms with Crippen molar-refractivity contribution in [2.45, 2.75) is 45.9 Å². The van der Waals surface area contributed by atoms with E-state index in [-0.39, 0.29) is 12.0 Å². The Labute approximate surface area is 195 Å². The molecule has 1 N–H and O–H groups in total. The number of hydrogen-bond acceptors (Lipinski definition) is 6. The number of aryl methyl sites for hydroxylation is 1. The second-order valence-electron chi connectivity index (χ2n) is 8.67. The van der Waals surface area contributed by atoms with Crippen molar-refractivity contribution in [3.8, 4) is 0 Å². The Hall–Kier alpha value is -2.75. The molecule has 3 rings (SSSR count). The average molecular weight is 486 g/mol. The zero-order valence-electron chi connectivity index (χ0n) is 19.0. The Morgan fingerprint density at radius 3 is 2.39 bits per heavy atom. The zero-order chi connectivity index (χ0) is 24.4. The molecule has 1 aliphatic rings. The smallest absolute Gasteiger partial charge is 0.420 e. The van der Waals surface area contributed by atoms with Gasteiger partial charge in [-0.25, -0.2) is 14.8 Å². The third kappa shape index (κ3) is 6.40. The van der Waals surface area contributed by atoms with E-state index in [1.54, 1.807) is 4.90 Å². The Bertz CT molecular complexity index is 1000. The lowest BCUT2D eigenvalue weighted by Gasteiger charge is -2.37. The molecule has 2 heterocycles. The van der Waals surface area contributed by atoms with E-state index in [9.17, 15) is 18.0 Å². The normalized spacial score (nSPS) is 14.9. The lowest BCUT2D eigenvalue weighted by Crippen LogP contribution is -2.50. The number of carbonyl (C=O) groups is 1. The Morgan fingerprint density at radius 1 is 1.18 bits per heavy atom. The van der Waals surface area contributed by atoms with Crippen molar-refractivity contribution in [1.29, 1.82) is 0 Å². The summed E-state index contributed by atoms with van der Waals surface area (Å²) in [6.45, 7) is 9.92. The average Bonchev–Trinajstić information content (AvgIpc) is 2.72. The van der Waals surface area contributed by atoms with Crippen molar-refractivity contribution < 1.29 is 22.7 Å². The summed E-state index contributed by atoms with van der Waals surface area (Å²) in [6, 6.07) is 5.76. The molecule has 1 amide bonds. The minimum absolute atomic E-state index is 0.0126. The number of hydrogen-bond donors (Lipinski definition) is 1. The van der Waals surface area contributed by atoms with E-state index in [0.717, 1.165) is 11.3 Å². The van der Waals surface area contributed by atoms with Gasteiger partial charge in [0.15, 0.2) is 0 Å². The number of piperazine rings is 1. The topological polar surface area (TPSA) is 70.6 Å². The fourth-order valence-corrected chi connectivity index (χ4v) is 3.63. The molecule has 0 spiro atoms. The molecule has 0 radical (unpaired) electrons. The molecule has 0 atom stereocenters. The summed E-state index contributed by atoms with van der Waals surface area (Å²) < 4.78 is 44.0. The van der Waals surface area contributed by atoms with Crippen LogP contribution in [-0.2, 0) is 17.3 Å². The number of halogens is 4.